The van der Waals surface area contributed by atoms with Crippen LogP contribution in [0.25, 0.3) is 0 Å². The number of aliphatic hydroxyl groups is 1. The molecule has 5 heteroatoms. The molecule has 2 aliphatic carbocycles. The van der Waals surface area contributed by atoms with Crippen LogP contribution in [0, 0.1) is 0 Å². The zero-order valence-electron chi connectivity index (χ0n) is 7.68. The summed E-state index contributed by atoms with van der Waals surface area (Å²) in [6.07, 6.45) is 4.26. The molecule has 4 nitrogen and oxygen atoms in total. The van der Waals surface area contributed by atoms with E-state index in [4.69, 9.17) is 0 Å². The minimum absolute atomic E-state index is 0.137. The van der Waals surface area contributed by atoms with Crippen molar-refractivity contribution >= 4 is 10.0 Å². The van der Waals surface area contributed by atoms with E-state index in [2.05, 4.69) is 0 Å². The molecular formula is C8H15NO3S. The summed E-state index contributed by atoms with van der Waals surface area (Å²) in [5.74, 6) is 0. The van der Waals surface area contributed by atoms with Gasteiger partial charge in [0.15, 0.2) is 0 Å². The van der Waals surface area contributed by atoms with Crippen molar-refractivity contribution in [3.05, 3.63) is 0 Å². The first kappa shape index (κ1) is 9.43. The maximum Gasteiger partial charge on any atom is 0.211 e. The van der Waals surface area contributed by atoms with Gasteiger partial charge in [0.05, 0.1) is 18.4 Å². The van der Waals surface area contributed by atoms with Gasteiger partial charge >= 0.3 is 0 Å². The number of rotatable bonds is 3. The summed E-state index contributed by atoms with van der Waals surface area (Å²) < 4.78 is 24.3. The molecule has 2 unspecified atom stereocenters. The molecule has 0 aliphatic heterocycles. The SMILES string of the molecule is CS(=O)(=O)N(C1CC1)C1CCC1O. The van der Waals surface area contributed by atoms with Gasteiger partial charge in [-0.25, -0.2) is 8.42 Å². The molecule has 0 heterocycles. The highest BCUT2D eigenvalue weighted by Gasteiger charge is 2.45. The molecule has 2 rings (SSSR count). The second kappa shape index (κ2) is 2.93. The molecule has 1 N–H and O–H groups in total. The molecular weight excluding hydrogens is 190 g/mol. The van der Waals surface area contributed by atoms with E-state index >= 15 is 0 Å². The van der Waals surface area contributed by atoms with Crippen LogP contribution in [0.4, 0.5) is 0 Å². The van der Waals surface area contributed by atoms with E-state index in [1.807, 2.05) is 0 Å². The monoisotopic (exact) mass is 205 g/mol. The normalized spacial score (nSPS) is 34.7. The zero-order chi connectivity index (χ0) is 9.64. The highest BCUT2D eigenvalue weighted by Crippen LogP contribution is 2.37. The van der Waals surface area contributed by atoms with E-state index in [-0.39, 0.29) is 12.1 Å². The number of sulfonamides is 1. The number of hydrogen-bond donors (Lipinski definition) is 1. The summed E-state index contributed by atoms with van der Waals surface area (Å²) in [5.41, 5.74) is 0. The zero-order valence-corrected chi connectivity index (χ0v) is 8.50. The average molecular weight is 205 g/mol. The van der Waals surface area contributed by atoms with Crippen molar-refractivity contribution in [2.24, 2.45) is 0 Å². The predicted octanol–water partition coefficient (Wildman–Crippen LogP) is -0.0663. The average Bonchev–Trinajstić information content (AvgIpc) is 2.77. The Hall–Kier alpha value is -0.130. The Morgan fingerprint density at radius 1 is 1.23 bits per heavy atom. The molecule has 2 saturated carbocycles. The summed E-state index contributed by atoms with van der Waals surface area (Å²) in [5, 5.41) is 9.41. The molecule has 0 aromatic rings. The first-order valence-corrected chi connectivity index (χ1v) is 6.51. The first-order chi connectivity index (χ1) is 6.00. The predicted molar refractivity (Wildman–Crippen MR) is 48.7 cm³/mol. The summed E-state index contributed by atoms with van der Waals surface area (Å²) in [6, 6.07) is 0.0393. The van der Waals surface area contributed by atoms with Crippen molar-refractivity contribution in [1.29, 1.82) is 0 Å². The fraction of sp³-hybridized carbons (Fsp3) is 1.00. The summed E-state index contributed by atoms with van der Waals surface area (Å²) in [7, 11) is -3.12. The molecule has 0 radical (unpaired) electrons. The van der Waals surface area contributed by atoms with E-state index in [1.165, 1.54) is 10.6 Å². The third-order valence-corrected chi connectivity index (χ3v) is 4.15. The van der Waals surface area contributed by atoms with Gasteiger partial charge in [0.1, 0.15) is 0 Å². The van der Waals surface area contributed by atoms with E-state index in [0.717, 1.165) is 25.7 Å². The van der Waals surface area contributed by atoms with Crippen LogP contribution in [0.1, 0.15) is 25.7 Å². The molecule has 2 atom stereocenters. The van der Waals surface area contributed by atoms with Gasteiger partial charge in [0.25, 0.3) is 0 Å². The van der Waals surface area contributed by atoms with Crippen LogP contribution in [0.3, 0.4) is 0 Å². The molecule has 0 aromatic carbocycles. The van der Waals surface area contributed by atoms with Gasteiger partial charge < -0.3 is 5.11 Å². The second-order valence-electron chi connectivity index (χ2n) is 4.04. The van der Waals surface area contributed by atoms with Crippen LogP contribution in [-0.4, -0.2) is 42.3 Å². The molecule has 2 fully saturated rings. The Balaban J connectivity index is 2.14. The maximum absolute atomic E-state index is 11.4. The van der Waals surface area contributed by atoms with E-state index in [1.54, 1.807) is 0 Å². The van der Waals surface area contributed by atoms with E-state index in [9.17, 15) is 13.5 Å². The molecule has 13 heavy (non-hydrogen) atoms. The van der Waals surface area contributed by atoms with Crippen molar-refractivity contribution < 1.29 is 13.5 Å². The Morgan fingerprint density at radius 3 is 2.08 bits per heavy atom. The van der Waals surface area contributed by atoms with Crippen molar-refractivity contribution in [2.75, 3.05) is 6.26 Å². The quantitative estimate of drug-likeness (QED) is 0.702. The van der Waals surface area contributed by atoms with Crippen LogP contribution in [0.5, 0.6) is 0 Å². The van der Waals surface area contributed by atoms with Crippen molar-refractivity contribution in [3.8, 4) is 0 Å². The van der Waals surface area contributed by atoms with Gasteiger partial charge in [0.2, 0.25) is 10.0 Å². The highest BCUT2D eigenvalue weighted by molar-refractivity contribution is 7.88. The summed E-state index contributed by atoms with van der Waals surface area (Å²) in [6.45, 7) is 0. The minimum atomic E-state index is -3.12. The molecule has 0 amide bonds. The van der Waals surface area contributed by atoms with E-state index in [0.29, 0.717) is 0 Å². The molecule has 0 spiro atoms. The fourth-order valence-corrected chi connectivity index (χ4v) is 3.37. The van der Waals surface area contributed by atoms with Gasteiger partial charge in [0, 0.05) is 6.04 Å². The fourth-order valence-electron chi connectivity index (χ4n) is 1.88. The Bertz CT molecular complexity index is 297. The standard InChI is InChI=1S/C8H15NO3S/c1-13(11,12)9(6-2-3-6)7-4-5-8(7)10/h6-8,10H,2-5H2,1H3. The minimum Gasteiger partial charge on any atom is -0.391 e. The lowest BCUT2D eigenvalue weighted by Crippen LogP contribution is -2.53. The third-order valence-electron chi connectivity index (χ3n) is 2.82. The summed E-state index contributed by atoms with van der Waals surface area (Å²) in [4.78, 5) is 0. The molecule has 76 valence electrons. The van der Waals surface area contributed by atoms with Gasteiger partial charge in [-0.1, -0.05) is 0 Å². The van der Waals surface area contributed by atoms with Crippen molar-refractivity contribution in [1.82, 2.24) is 4.31 Å². The number of aliphatic hydroxyl groups excluding tert-OH is 1. The molecule has 0 aromatic heterocycles. The third kappa shape index (κ3) is 1.73. The maximum atomic E-state index is 11.4. The number of nitrogens with zero attached hydrogens (tertiary/aromatic N) is 1. The van der Waals surface area contributed by atoms with Crippen LogP contribution >= 0.6 is 0 Å². The van der Waals surface area contributed by atoms with Gasteiger partial charge in [-0.3, -0.25) is 0 Å². The Kier molecular flexibility index (Phi) is 2.13. The van der Waals surface area contributed by atoms with Gasteiger partial charge in [-0.15, -0.1) is 0 Å². The van der Waals surface area contributed by atoms with Crippen LogP contribution in [0.2, 0.25) is 0 Å². The molecule has 2 aliphatic rings. The Labute approximate surface area is 78.6 Å². The van der Waals surface area contributed by atoms with Crippen molar-refractivity contribution in [3.63, 3.8) is 0 Å². The largest absolute Gasteiger partial charge is 0.391 e. The number of hydrogen-bond acceptors (Lipinski definition) is 3. The van der Waals surface area contributed by atoms with Gasteiger partial charge in [-0.2, -0.15) is 4.31 Å². The van der Waals surface area contributed by atoms with Crippen molar-refractivity contribution in [2.45, 2.75) is 43.9 Å². The highest BCUT2D eigenvalue weighted by atomic mass is 32.2. The summed E-state index contributed by atoms with van der Waals surface area (Å²) >= 11 is 0. The van der Waals surface area contributed by atoms with Crippen LogP contribution in [-0.2, 0) is 10.0 Å². The smallest absolute Gasteiger partial charge is 0.211 e. The second-order valence-corrected chi connectivity index (χ2v) is 5.92. The lowest BCUT2D eigenvalue weighted by atomic mass is 9.89. The molecule has 0 saturated heterocycles. The topological polar surface area (TPSA) is 57.6 Å². The first-order valence-electron chi connectivity index (χ1n) is 4.67. The van der Waals surface area contributed by atoms with Crippen LogP contribution in [0.15, 0.2) is 0 Å². The van der Waals surface area contributed by atoms with Gasteiger partial charge in [-0.05, 0) is 25.7 Å². The Morgan fingerprint density at radius 2 is 1.85 bits per heavy atom. The lowest BCUT2D eigenvalue weighted by Gasteiger charge is -2.40. The van der Waals surface area contributed by atoms with E-state index < -0.39 is 16.1 Å². The lowest BCUT2D eigenvalue weighted by molar-refractivity contribution is 0.0111. The molecule has 0 bridgehead atoms. The van der Waals surface area contributed by atoms with Crippen LogP contribution < -0.4 is 0 Å².